The molecule has 1 aliphatic carbocycles. The van der Waals surface area contributed by atoms with Crippen LogP contribution >= 0.6 is 34.7 Å². The van der Waals surface area contributed by atoms with Crippen molar-refractivity contribution in [3.8, 4) is 5.75 Å². The smallest absolute Gasteiger partial charge is 0.341 e. The van der Waals surface area contributed by atoms with Gasteiger partial charge in [-0.3, -0.25) is 9.36 Å². The fourth-order valence-electron chi connectivity index (χ4n) is 4.54. The number of carbonyl (C=O) groups excluding carboxylic acids is 2. The van der Waals surface area contributed by atoms with Gasteiger partial charge in [0.15, 0.2) is 17.1 Å². The molecule has 0 radical (unpaired) electrons. The number of ether oxygens (including phenoxy) is 2. The number of fused-ring (bicyclic) bond motifs is 1. The van der Waals surface area contributed by atoms with Gasteiger partial charge in [0.1, 0.15) is 10.8 Å². The zero-order chi connectivity index (χ0) is 27.9. The number of esters is 1. The monoisotopic (exact) mass is 588 g/mol. The molecular formula is C28H33ClN4O4S2. The van der Waals surface area contributed by atoms with Gasteiger partial charge in [-0.25, -0.2) is 4.79 Å². The molecule has 2 heterocycles. The third-order valence-electron chi connectivity index (χ3n) is 6.35. The summed E-state index contributed by atoms with van der Waals surface area (Å²) in [5, 5.41) is 13.4. The van der Waals surface area contributed by atoms with E-state index in [1.165, 1.54) is 28.0 Å². The van der Waals surface area contributed by atoms with Crippen molar-refractivity contribution in [1.29, 1.82) is 0 Å². The summed E-state index contributed by atoms with van der Waals surface area (Å²) in [4.78, 5) is 27.0. The largest absolute Gasteiger partial charge is 0.482 e. The van der Waals surface area contributed by atoms with Crippen LogP contribution in [0.4, 0.5) is 5.00 Å². The number of hydrogen-bond donors (Lipinski definition) is 1. The van der Waals surface area contributed by atoms with Crippen molar-refractivity contribution in [3.05, 3.63) is 63.3 Å². The first-order chi connectivity index (χ1) is 18.8. The number of rotatable bonds is 11. The molecule has 1 unspecified atom stereocenters. The highest BCUT2D eigenvalue weighted by molar-refractivity contribution is 7.99. The number of thiophene rings is 1. The number of nitrogens with one attached hydrogen (secondary N) is 1. The molecule has 0 aliphatic heterocycles. The average molecular weight is 589 g/mol. The summed E-state index contributed by atoms with van der Waals surface area (Å²) in [7, 11) is 0. The van der Waals surface area contributed by atoms with Gasteiger partial charge in [0.05, 0.1) is 17.9 Å². The molecule has 2 aromatic heterocycles. The van der Waals surface area contributed by atoms with Gasteiger partial charge in [0.25, 0.3) is 0 Å². The van der Waals surface area contributed by atoms with Gasteiger partial charge in [-0.05, 0) is 75.8 Å². The lowest BCUT2D eigenvalue weighted by molar-refractivity contribution is -0.113. The normalized spacial score (nSPS) is 13.7. The lowest BCUT2D eigenvalue weighted by atomic mass is 10.1. The van der Waals surface area contributed by atoms with E-state index in [4.69, 9.17) is 21.1 Å². The Labute approximate surface area is 242 Å². The summed E-state index contributed by atoms with van der Waals surface area (Å²) in [6.45, 7) is 10.2. The Hall–Kier alpha value is -2.82. The molecule has 0 saturated carbocycles. The van der Waals surface area contributed by atoms with Crippen molar-refractivity contribution in [3.63, 3.8) is 0 Å². The van der Waals surface area contributed by atoms with Crippen LogP contribution in [0, 0.1) is 6.92 Å². The molecule has 0 bridgehead atoms. The summed E-state index contributed by atoms with van der Waals surface area (Å²) in [5.41, 5.74) is 2.46. The summed E-state index contributed by atoms with van der Waals surface area (Å²) in [5.74, 6) is 0.836. The predicted octanol–water partition coefficient (Wildman–Crippen LogP) is 6.80. The van der Waals surface area contributed by atoms with E-state index in [0.29, 0.717) is 38.9 Å². The number of halogens is 1. The molecule has 11 heteroatoms. The molecule has 1 amide bonds. The van der Waals surface area contributed by atoms with E-state index in [0.717, 1.165) is 43.2 Å². The molecule has 1 aromatic carbocycles. The number of thioether (sulfide) groups is 1. The number of aryl methyl sites for hydroxylation is 2. The second kappa shape index (κ2) is 13.5. The van der Waals surface area contributed by atoms with Crippen molar-refractivity contribution in [2.45, 2.75) is 70.7 Å². The third-order valence-corrected chi connectivity index (χ3v) is 8.76. The molecule has 3 aromatic rings. The maximum absolute atomic E-state index is 13.0. The lowest BCUT2D eigenvalue weighted by Gasteiger charge is -2.17. The van der Waals surface area contributed by atoms with E-state index < -0.39 is 6.10 Å². The van der Waals surface area contributed by atoms with E-state index in [-0.39, 0.29) is 24.2 Å². The Kier molecular flexibility index (Phi) is 10.1. The fraction of sp³-hybridized carbons (Fsp3) is 0.429. The molecule has 39 heavy (non-hydrogen) atoms. The predicted molar refractivity (Wildman–Crippen MR) is 156 cm³/mol. The van der Waals surface area contributed by atoms with E-state index in [2.05, 4.69) is 22.1 Å². The number of aromatic nitrogens is 3. The minimum atomic E-state index is -0.394. The summed E-state index contributed by atoms with van der Waals surface area (Å²) >= 11 is 8.83. The van der Waals surface area contributed by atoms with Gasteiger partial charge in [-0.2, -0.15) is 0 Å². The van der Waals surface area contributed by atoms with Crippen molar-refractivity contribution in [1.82, 2.24) is 14.8 Å². The van der Waals surface area contributed by atoms with Gasteiger partial charge in [0.2, 0.25) is 5.91 Å². The third kappa shape index (κ3) is 7.04. The quantitative estimate of drug-likeness (QED) is 0.114. The molecule has 1 atom stereocenters. The van der Waals surface area contributed by atoms with Crippen molar-refractivity contribution in [2.24, 2.45) is 0 Å². The highest BCUT2D eigenvalue weighted by Gasteiger charge is 2.27. The molecule has 0 saturated heterocycles. The Bertz CT molecular complexity index is 1350. The fourth-order valence-corrected chi connectivity index (χ4v) is 6.81. The van der Waals surface area contributed by atoms with E-state index in [1.807, 2.05) is 30.5 Å². The second-order valence-corrected chi connectivity index (χ2v) is 11.7. The van der Waals surface area contributed by atoms with E-state index in [1.54, 1.807) is 19.1 Å². The van der Waals surface area contributed by atoms with Crippen LogP contribution in [0.1, 0.15) is 71.4 Å². The number of anilines is 1. The molecular weight excluding hydrogens is 556 g/mol. The van der Waals surface area contributed by atoms with Crippen molar-refractivity contribution >= 4 is 51.6 Å². The topological polar surface area (TPSA) is 95.3 Å². The first-order valence-electron chi connectivity index (χ1n) is 13.0. The van der Waals surface area contributed by atoms with Gasteiger partial charge in [0, 0.05) is 16.4 Å². The minimum Gasteiger partial charge on any atom is -0.482 e. The molecule has 0 spiro atoms. The zero-order valence-corrected chi connectivity index (χ0v) is 24.8. The maximum Gasteiger partial charge on any atom is 0.341 e. The Balaban J connectivity index is 1.47. The van der Waals surface area contributed by atoms with Crippen LogP contribution in [0.3, 0.4) is 0 Å². The number of allylic oxidation sites excluding steroid dienone is 1. The number of amides is 1. The molecule has 1 N–H and O–H groups in total. The molecule has 208 valence electrons. The zero-order valence-electron chi connectivity index (χ0n) is 22.4. The standard InChI is InChI=1S/C28H33ClN4O4S2/c1-5-14-33-25(18(4)37-21-13-12-19(29)15-17(21)3)31-32-28(33)38-16-23(34)30-26-24(27(35)36-6-2)20-10-8-7-9-11-22(20)39-26/h5,12-13,15,18H,1,6-11,14,16H2,2-4H3,(H,30,34). The number of nitrogens with zero attached hydrogens (tertiary/aromatic N) is 3. The minimum absolute atomic E-state index is 0.103. The van der Waals surface area contributed by atoms with Crippen LogP contribution in [0.5, 0.6) is 5.75 Å². The number of benzene rings is 1. The highest BCUT2D eigenvalue weighted by atomic mass is 35.5. The van der Waals surface area contributed by atoms with Crippen molar-refractivity contribution in [2.75, 3.05) is 17.7 Å². The lowest BCUT2D eigenvalue weighted by Crippen LogP contribution is -2.17. The molecule has 4 rings (SSSR count). The molecule has 0 fully saturated rings. The molecule has 1 aliphatic rings. The second-order valence-electron chi connectivity index (χ2n) is 9.24. The van der Waals surface area contributed by atoms with Crippen molar-refractivity contribution < 1.29 is 19.1 Å². The summed E-state index contributed by atoms with van der Waals surface area (Å²) in [6.07, 6.45) is 6.35. The van der Waals surface area contributed by atoms with Crippen LogP contribution in [-0.4, -0.2) is 39.0 Å². The number of carbonyl (C=O) groups is 2. The van der Waals surface area contributed by atoms with Gasteiger partial charge in [-0.15, -0.1) is 28.1 Å². The average Bonchev–Trinajstić information content (AvgIpc) is 3.37. The Morgan fingerprint density at radius 1 is 1.28 bits per heavy atom. The van der Waals surface area contributed by atoms with Crippen LogP contribution in [-0.2, 0) is 28.9 Å². The van der Waals surface area contributed by atoms with Gasteiger partial charge >= 0.3 is 5.97 Å². The van der Waals surface area contributed by atoms with Crippen LogP contribution in [0.25, 0.3) is 0 Å². The van der Waals surface area contributed by atoms with E-state index in [9.17, 15) is 9.59 Å². The summed E-state index contributed by atoms with van der Waals surface area (Å²) < 4.78 is 13.4. The highest BCUT2D eigenvalue weighted by Crippen LogP contribution is 2.38. The Morgan fingerprint density at radius 2 is 2.08 bits per heavy atom. The SMILES string of the molecule is C=CCn1c(SCC(=O)Nc2sc3c(c2C(=O)OCC)CCCCC3)nnc1C(C)Oc1ccc(Cl)cc1C. The summed E-state index contributed by atoms with van der Waals surface area (Å²) in [6, 6.07) is 5.46. The van der Waals surface area contributed by atoms with Crippen LogP contribution in [0.15, 0.2) is 36.0 Å². The van der Waals surface area contributed by atoms with Crippen LogP contribution < -0.4 is 10.1 Å². The van der Waals surface area contributed by atoms with Gasteiger partial charge < -0.3 is 14.8 Å². The number of hydrogen-bond acceptors (Lipinski definition) is 8. The van der Waals surface area contributed by atoms with E-state index >= 15 is 0 Å². The molecule has 8 nitrogen and oxygen atoms in total. The maximum atomic E-state index is 13.0. The van der Waals surface area contributed by atoms with Crippen LogP contribution in [0.2, 0.25) is 5.02 Å². The first kappa shape index (κ1) is 29.2. The first-order valence-corrected chi connectivity index (χ1v) is 15.2. The van der Waals surface area contributed by atoms with Gasteiger partial charge in [-0.1, -0.05) is 35.9 Å². The Morgan fingerprint density at radius 3 is 2.82 bits per heavy atom.